The molecule has 1 saturated carbocycles. The number of anilines is 1. The minimum atomic E-state index is -0.638. The zero-order chi connectivity index (χ0) is 14.6. The highest BCUT2D eigenvalue weighted by atomic mass is 16.2. The number of carbonyl (C=O) groups excluding carboxylic acids is 1. The second-order valence-corrected chi connectivity index (χ2v) is 5.62. The van der Waals surface area contributed by atoms with Crippen molar-refractivity contribution in [2.24, 2.45) is 0 Å². The third kappa shape index (κ3) is 3.30. The molecule has 106 valence electrons. The van der Waals surface area contributed by atoms with Crippen LogP contribution in [0.25, 0.3) is 0 Å². The van der Waals surface area contributed by atoms with Crippen molar-refractivity contribution in [3.8, 4) is 6.07 Å². The number of hydrogen-bond donors (Lipinski definition) is 2. The lowest BCUT2D eigenvalue weighted by Crippen LogP contribution is -2.47. The van der Waals surface area contributed by atoms with Gasteiger partial charge in [0.1, 0.15) is 5.54 Å². The van der Waals surface area contributed by atoms with Gasteiger partial charge in [0, 0.05) is 5.69 Å². The third-order valence-electron chi connectivity index (χ3n) is 3.87. The Kier molecular flexibility index (Phi) is 4.29. The molecule has 0 aromatic heterocycles. The third-order valence-corrected chi connectivity index (χ3v) is 3.87. The number of hydrogen-bond acceptors (Lipinski definition) is 3. The van der Waals surface area contributed by atoms with Crippen LogP contribution in [0.1, 0.15) is 36.8 Å². The van der Waals surface area contributed by atoms with Gasteiger partial charge in [-0.05, 0) is 51.2 Å². The molecule has 0 heterocycles. The van der Waals surface area contributed by atoms with Gasteiger partial charge in [-0.1, -0.05) is 17.7 Å². The predicted octanol–water partition coefficient (Wildman–Crippen LogP) is 2.67. The monoisotopic (exact) mass is 271 g/mol. The lowest BCUT2D eigenvalue weighted by Gasteiger charge is -2.22. The Morgan fingerprint density at radius 2 is 2.05 bits per heavy atom. The normalized spacial score (nSPS) is 16.4. The summed E-state index contributed by atoms with van der Waals surface area (Å²) >= 11 is 0. The van der Waals surface area contributed by atoms with Gasteiger partial charge in [-0.25, -0.2) is 0 Å². The van der Waals surface area contributed by atoms with Crippen molar-refractivity contribution < 1.29 is 4.79 Å². The molecule has 4 nitrogen and oxygen atoms in total. The maximum atomic E-state index is 12.0. The van der Waals surface area contributed by atoms with E-state index in [2.05, 4.69) is 22.8 Å². The highest BCUT2D eigenvalue weighted by Crippen LogP contribution is 2.28. The smallest absolute Gasteiger partial charge is 0.240 e. The van der Waals surface area contributed by atoms with Crippen LogP contribution >= 0.6 is 0 Å². The van der Waals surface area contributed by atoms with Crippen LogP contribution in [0.3, 0.4) is 0 Å². The minimum Gasteiger partial charge on any atom is -0.376 e. The van der Waals surface area contributed by atoms with E-state index >= 15 is 0 Å². The zero-order valence-corrected chi connectivity index (χ0v) is 12.1. The van der Waals surface area contributed by atoms with Gasteiger partial charge in [0.15, 0.2) is 0 Å². The molecular weight excluding hydrogens is 250 g/mol. The SMILES string of the molecule is Cc1ccc(NCC(=O)NC2(C#N)CCCC2)c(C)c1. The lowest BCUT2D eigenvalue weighted by molar-refractivity contribution is -0.120. The number of rotatable bonds is 4. The Bertz CT molecular complexity index is 539. The Morgan fingerprint density at radius 3 is 2.65 bits per heavy atom. The number of nitriles is 1. The van der Waals surface area contributed by atoms with Gasteiger partial charge in [0.05, 0.1) is 12.6 Å². The molecule has 1 fully saturated rings. The molecule has 0 radical (unpaired) electrons. The molecule has 1 aliphatic rings. The molecule has 0 spiro atoms. The van der Waals surface area contributed by atoms with E-state index in [1.807, 2.05) is 26.0 Å². The Morgan fingerprint density at radius 1 is 1.35 bits per heavy atom. The van der Waals surface area contributed by atoms with Crippen LogP contribution in [0.15, 0.2) is 18.2 Å². The number of carbonyl (C=O) groups is 1. The maximum absolute atomic E-state index is 12.0. The quantitative estimate of drug-likeness (QED) is 0.885. The van der Waals surface area contributed by atoms with E-state index in [4.69, 9.17) is 0 Å². The molecule has 0 unspecified atom stereocenters. The highest BCUT2D eigenvalue weighted by Gasteiger charge is 2.35. The van der Waals surface area contributed by atoms with Crippen molar-refractivity contribution in [2.75, 3.05) is 11.9 Å². The van der Waals surface area contributed by atoms with Crippen LogP contribution < -0.4 is 10.6 Å². The first-order valence-electron chi connectivity index (χ1n) is 7.08. The summed E-state index contributed by atoms with van der Waals surface area (Å²) in [6.07, 6.45) is 3.55. The van der Waals surface area contributed by atoms with Crippen molar-refractivity contribution in [3.05, 3.63) is 29.3 Å². The van der Waals surface area contributed by atoms with Gasteiger partial charge < -0.3 is 10.6 Å². The predicted molar refractivity (Wildman–Crippen MR) is 79.4 cm³/mol. The summed E-state index contributed by atoms with van der Waals surface area (Å²) in [7, 11) is 0. The van der Waals surface area contributed by atoms with E-state index in [-0.39, 0.29) is 12.5 Å². The van der Waals surface area contributed by atoms with Crippen LogP contribution in [-0.2, 0) is 4.79 Å². The number of amides is 1. The standard InChI is InChI=1S/C16H21N3O/c1-12-5-6-14(13(2)9-12)18-10-15(20)19-16(11-17)7-3-4-8-16/h5-6,9,18H,3-4,7-8,10H2,1-2H3,(H,19,20). The first kappa shape index (κ1) is 14.4. The Hall–Kier alpha value is -2.02. The van der Waals surface area contributed by atoms with Crippen LogP contribution in [0, 0.1) is 25.2 Å². The molecule has 1 aromatic rings. The molecule has 1 aromatic carbocycles. The van der Waals surface area contributed by atoms with E-state index in [1.165, 1.54) is 5.56 Å². The number of benzene rings is 1. The van der Waals surface area contributed by atoms with E-state index in [0.717, 1.165) is 36.9 Å². The minimum absolute atomic E-state index is 0.117. The van der Waals surface area contributed by atoms with Crippen molar-refractivity contribution in [3.63, 3.8) is 0 Å². The van der Waals surface area contributed by atoms with Crippen LogP contribution in [0.4, 0.5) is 5.69 Å². The molecule has 1 amide bonds. The van der Waals surface area contributed by atoms with E-state index in [9.17, 15) is 10.1 Å². The maximum Gasteiger partial charge on any atom is 0.240 e. The summed E-state index contributed by atoms with van der Waals surface area (Å²) in [4.78, 5) is 12.0. The fourth-order valence-electron chi connectivity index (χ4n) is 2.74. The van der Waals surface area contributed by atoms with Crippen molar-refractivity contribution >= 4 is 11.6 Å². The van der Waals surface area contributed by atoms with E-state index in [0.29, 0.717) is 0 Å². The first-order chi connectivity index (χ1) is 9.54. The van der Waals surface area contributed by atoms with Gasteiger partial charge in [0.25, 0.3) is 0 Å². The van der Waals surface area contributed by atoms with Crippen LogP contribution in [0.5, 0.6) is 0 Å². The highest BCUT2D eigenvalue weighted by molar-refractivity contribution is 5.82. The molecule has 0 saturated heterocycles. The molecule has 2 rings (SSSR count). The Labute approximate surface area is 120 Å². The van der Waals surface area contributed by atoms with Gasteiger partial charge in [0.2, 0.25) is 5.91 Å². The average molecular weight is 271 g/mol. The van der Waals surface area contributed by atoms with Crippen molar-refractivity contribution in [1.29, 1.82) is 5.26 Å². The Balaban J connectivity index is 1.91. The molecule has 0 atom stereocenters. The summed E-state index contributed by atoms with van der Waals surface area (Å²) in [6.45, 7) is 4.26. The summed E-state index contributed by atoms with van der Waals surface area (Å²) in [5.74, 6) is -0.117. The second-order valence-electron chi connectivity index (χ2n) is 5.62. The topological polar surface area (TPSA) is 64.9 Å². The van der Waals surface area contributed by atoms with Gasteiger partial charge >= 0.3 is 0 Å². The summed E-state index contributed by atoms with van der Waals surface area (Å²) in [6, 6.07) is 8.34. The van der Waals surface area contributed by atoms with E-state index < -0.39 is 5.54 Å². The van der Waals surface area contributed by atoms with Gasteiger partial charge in [-0.2, -0.15) is 5.26 Å². The van der Waals surface area contributed by atoms with Crippen LogP contribution in [0.2, 0.25) is 0 Å². The molecule has 1 aliphatic carbocycles. The van der Waals surface area contributed by atoms with Crippen LogP contribution in [-0.4, -0.2) is 18.0 Å². The molecule has 2 N–H and O–H groups in total. The summed E-state index contributed by atoms with van der Waals surface area (Å²) < 4.78 is 0. The second kappa shape index (κ2) is 5.96. The fourth-order valence-corrected chi connectivity index (χ4v) is 2.74. The summed E-state index contributed by atoms with van der Waals surface area (Å²) in [5.41, 5.74) is 2.64. The first-order valence-corrected chi connectivity index (χ1v) is 7.08. The van der Waals surface area contributed by atoms with Gasteiger partial charge in [-0.15, -0.1) is 0 Å². The number of nitrogens with one attached hydrogen (secondary N) is 2. The molecule has 0 aliphatic heterocycles. The van der Waals surface area contributed by atoms with E-state index in [1.54, 1.807) is 0 Å². The molecule has 20 heavy (non-hydrogen) atoms. The molecule has 0 bridgehead atoms. The van der Waals surface area contributed by atoms with Crippen molar-refractivity contribution in [1.82, 2.24) is 5.32 Å². The lowest BCUT2D eigenvalue weighted by atomic mass is 10.00. The number of aryl methyl sites for hydroxylation is 2. The molecule has 4 heteroatoms. The largest absolute Gasteiger partial charge is 0.376 e. The fraction of sp³-hybridized carbons (Fsp3) is 0.500. The van der Waals surface area contributed by atoms with Gasteiger partial charge in [-0.3, -0.25) is 4.79 Å². The van der Waals surface area contributed by atoms with Crippen molar-refractivity contribution in [2.45, 2.75) is 45.1 Å². The molecular formula is C16H21N3O. The summed E-state index contributed by atoms with van der Waals surface area (Å²) in [5, 5.41) is 15.3. The average Bonchev–Trinajstić information content (AvgIpc) is 2.87. The zero-order valence-electron chi connectivity index (χ0n) is 12.1. The number of nitrogens with zero attached hydrogens (tertiary/aromatic N) is 1.